The molecule has 1 aliphatic carbocycles. The minimum atomic E-state index is -3.04. The Kier molecular flexibility index (Phi) is 4.07. The Balaban J connectivity index is 1.61. The molecule has 0 unspecified atom stereocenters. The third-order valence-electron chi connectivity index (χ3n) is 4.20. The summed E-state index contributed by atoms with van der Waals surface area (Å²) in [5.41, 5.74) is 0. The zero-order valence-corrected chi connectivity index (χ0v) is 13.5. The summed E-state index contributed by atoms with van der Waals surface area (Å²) in [6.07, 6.45) is 6.39. The molecule has 1 aliphatic heterocycles. The number of nitrogens with zero attached hydrogens (tertiary/aromatic N) is 4. The van der Waals surface area contributed by atoms with Gasteiger partial charge in [-0.1, -0.05) is 11.6 Å². The molecule has 21 heavy (non-hydrogen) atoms. The second kappa shape index (κ2) is 5.70. The van der Waals surface area contributed by atoms with Crippen molar-refractivity contribution >= 4 is 27.6 Å². The lowest BCUT2D eigenvalue weighted by molar-refractivity contribution is 0.313. The van der Waals surface area contributed by atoms with E-state index in [9.17, 15) is 8.42 Å². The van der Waals surface area contributed by atoms with E-state index in [2.05, 4.69) is 9.97 Å². The molecule has 1 aromatic rings. The molecule has 2 aliphatic rings. The predicted molar refractivity (Wildman–Crippen MR) is 82.0 cm³/mol. The zero-order chi connectivity index (χ0) is 15.0. The van der Waals surface area contributed by atoms with Gasteiger partial charge in [0.25, 0.3) is 0 Å². The van der Waals surface area contributed by atoms with E-state index in [-0.39, 0.29) is 11.3 Å². The average Bonchev–Trinajstić information content (AvgIpc) is 3.32. The lowest BCUT2D eigenvalue weighted by Gasteiger charge is -2.36. The van der Waals surface area contributed by atoms with Crippen LogP contribution in [0.2, 0.25) is 5.02 Å². The van der Waals surface area contributed by atoms with Crippen LogP contribution in [-0.4, -0.2) is 54.1 Å². The van der Waals surface area contributed by atoms with Crippen molar-refractivity contribution in [3.8, 4) is 0 Å². The first-order chi connectivity index (χ1) is 9.98. The number of anilines is 1. The van der Waals surface area contributed by atoms with Crippen LogP contribution in [0.4, 0.5) is 5.95 Å². The van der Waals surface area contributed by atoms with Gasteiger partial charge >= 0.3 is 0 Å². The van der Waals surface area contributed by atoms with E-state index in [1.54, 1.807) is 16.7 Å². The second-order valence-electron chi connectivity index (χ2n) is 5.69. The van der Waals surface area contributed by atoms with Gasteiger partial charge in [-0.25, -0.2) is 22.7 Å². The highest BCUT2D eigenvalue weighted by atomic mass is 35.5. The van der Waals surface area contributed by atoms with Gasteiger partial charge in [-0.3, -0.25) is 0 Å². The summed E-state index contributed by atoms with van der Waals surface area (Å²) >= 11 is 5.79. The maximum Gasteiger partial charge on any atom is 0.225 e. The fraction of sp³-hybridized carbons (Fsp3) is 0.692. The van der Waals surface area contributed by atoms with Gasteiger partial charge < -0.3 is 4.90 Å². The van der Waals surface area contributed by atoms with Crippen molar-refractivity contribution < 1.29 is 8.42 Å². The molecular weight excluding hydrogens is 312 g/mol. The minimum Gasteiger partial charge on any atom is -0.341 e. The molecule has 1 aromatic heterocycles. The summed E-state index contributed by atoms with van der Waals surface area (Å²) in [6.45, 7) is 1.17. The quantitative estimate of drug-likeness (QED) is 0.837. The second-order valence-corrected chi connectivity index (χ2v) is 8.34. The molecule has 8 heteroatoms. The molecule has 0 bridgehead atoms. The van der Waals surface area contributed by atoms with Crippen LogP contribution in [0.1, 0.15) is 25.7 Å². The zero-order valence-electron chi connectivity index (χ0n) is 11.9. The molecule has 0 spiro atoms. The summed E-state index contributed by atoms with van der Waals surface area (Å²) in [6, 6.07) is 0.261. The van der Waals surface area contributed by atoms with Gasteiger partial charge in [0.05, 0.1) is 22.7 Å². The van der Waals surface area contributed by atoms with E-state index in [1.165, 1.54) is 0 Å². The normalized spacial score (nSPS) is 21.4. The van der Waals surface area contributed by atoms with E-state index in [1.807, 2.05) is 11.9 Å². The Morgan fingerprint density at radius 3 is 2.29 bits per heavy atom. The van der Waals surface area contributed by atoms with Gasteiger partial charge in [-0.05, 0) is 25.7 Å². The molecule has 116 valence electrons. The maximum atomic E-state index is 12.2. The number of rotatable bonds is 4. The van der Waals surface area contributed by atoms with Crippen LogP contribution >= 0.6 is 11.6 Å². The average molecular weight is 331 g/mol. The molecule has 1 saturated carbocycles. The van der Waals surface area contributed by atoms with E-state index >= 15 is 0 Å². The van der Waals surface area contributed by atoms with Gasteiger partial charge in [0.2, 0.25) is 16.0 Å². The van der Waals surface area contributed by atoms with Crippen LogP contribution < -0.4 is 4.90 Å². The molecule has 2 heterocycles. The van der Waals surface area contributed by atoms with Gasteiger partial charge in [0.15, 0.2) is 0 Å². The van der Waals surface area contributed by atoms with Crippen molar-refractivity contribution in [1.29, 1.82) is 0 Å². The highest BCUT2D eigenvalue weighted by Crippen LogP contribution is 2.33. The van der Waals surface area contributed by atoms with Crippen molar-refractivity contribution in [2.45, 2.75) is 37.0 Å². The number of halogens is 1. The Bertz CT molecular complexity index is 595. The number of hydrogen-bond acceptors (Lipinski definition) is 5. The number of aromatic nitrogens is 2. The van der Waals surface area contributed by atoms with Crippen LogP contribution in [0.3, 0.4) is 0 Å². The molecule has 0 aromatic carbocycles. The van der Waals surface area contributed by atoms with Gasteiger partial charge in [-0.15, -0.1) is 0 Å². The highest BCUT2D eigenvalue weighted by Gasteiger charge is 2.41. The number of piperidine rings is 1. The van der Waals surface area contributed by atoms with E-state index in [4.69, 9.17) is 11.6 Å². The fourth-order valence-electron chi connectivity index (χ4n) is 2.71. The first-order valence-corrected chi connectivity index (χ1v) is 9.06. The molecule has 1 saturated heterocycles. The van der Waals surface area contributed by atoms with Crippen molar-refractivity contribution in [2.24, 2.45) is 0 Å². The molecule has 0 amide bonds. The standard InChI is InChI=1S/C13H19ClN4O2S/c1-17(13-15-8-10(14)9-16-13)11-4-6-18(7-5-11)21(19,20)12-2-3-12/h8-9,11-12H,2-7H2,1H3. The van der Waals surface area contributed by atoms with Gasteiger partial charge in [0.1, 0.15) is 0 Å². The van der Waals surface area contributed by atoms with Crippen molar-refractivity contribution in [3.63, 3.8) is 0 Å². The minimum absolute atomic E-state index is 0.119. The number of sulfonamides is 1. The van der Waals surface area contributed by atoms with E-state index in [0.717, 1.165) is 25.7 Å². The predicted octanol–water partition coefficient (Wildman–Crippen LogP) is 1.52. The maximum absolute atomic E-state index is 12.2. The Hall–Kier alpha value is -0.920. The molecular formula is C13H19ClN4O2S. The third kappa shape index (κ3) is 3.14. The van der Waals surface area contributed by atoms with Crippen LogP contribution in [0.25, 0.3) is 0 Å². The van der Waals surface area contributed by atoms with Crippen LogP contribution in [-0.2, 0) is 10.0 Å². The molecule has 3 rings (SSSR count). The fourth-order valence-corrected chi connectivity index (χ4v) is 4.68. The SMILES string of the molecule is CN(c1ncc(Cl)cn1)C1CCN(S(=O)(=O)C2CC2)CC1. The Morgan fingerprint density at radius 1 is 1.19 bits per heavy atom. The monoisotopic (exact) mass is 330 g/mol. The van der Waals surface area contributed by atoms with E-state index in [0.29, 0.717) is 24.1 Å². The van der Waals surface area contributed by atoms with Crippen LogP contribution in [0.15, 0.2) is 12.4 Å². The van der Waals surface area contributed by atoms with Crippen LogP contribution in [0.5, 0.6) is 0 Å². The first kappa shape index (κ1) is 15.0. The summed E-state index contributed by atoms with van der Waals surface area (Å²) in [5, 5.41) is 0.392. The van der Waals surface area contributed by atoms with Crippen molar-refractivity contribution in [2.75, 3.05) is 25.0 Å². The Labute approximate surface area is 130 Å². The van der Waals surface area contributed by atoms with Gasteiger partial charge in [0, 0.05) is 26.2 Å². The number of hydrogen-bond donors (Lipinski definition) is 0. The lowest BCUT2D eigenvalue weighted by atomic mass is 10.1. The highest BCUT2D eigenvalue weighted by molar-refractivity contribution is 7.90. The molecule has 6 nitrogen and oxygen atoms in total. The summed E-state index contributed by atoms with van der Waals surface area (Å²) in [5.74, 6) is 0.628. The van der Waals surface area contributed by atoms with Gasteiger partial charge in [-0.2, -0.15) is 0 Å². The summed E-state index contributed by atoms with van der Waals surface area (Å²) in [7, 11) is -1.10. The largest absolute Gasteiger partial charge is 0.341 e. The Morgan fingerprint density at radius 2 is 1.76 bits per heavy atom. The topological polar surface area (TPSA) is 66.4 Å². The first-order valence-electron chi connectivity index (χ1n) is 7.18. The third-order valence-corrected chi connectivity index (χ3v) is 6.79. The van der Waals surface area contributed by atoms with Crippen LogP contribution in [0, 0.1) is 0 Å². The summed E-state index contributed by atoms with van der Waals surface area (Å²) < 4.78 is 26.1. The molecule has 0 radical (unpaired) electrons. The summed E-state index contributed by atoms with van der Waals surface area (Å²) in [4.78, 5) is 10.4. The molecule has 0 atom stereocenters. The van der Waals surface area contributed by atoms with Crippen molar-refractivity contribution in [3.05, 3.63) is 17.4 Å². The smallest absolute Gasteiger partial charge is 0.225 e. The lowest BCUT2D eigenvalue weighted by Crippen LogP contribution is -2.46. The molecule has 2 fully saturated rings. The molecule has 0 N–H and O–H groups in total. The van der Waals surface area contributed by atoms with E-state index < -0.39 is 10.0 Å². The van der Waals surface area contributed by atoms with Crippen molar-refractivity contribution in [1.82, 2.24) is 14.3 Å².